The van der Waals surface area contributed by atoms with Crippen LogP contribution in [0.3, 0.4) is 0 Å². The highest BCUT2D eigenvalue weighted by molar-refractivity contribution is 6.35. The Morgan fingerprint density at radius 1 is 1.33 bits per heavy atom. The molecule has 0 saturated carbocycles. The number of hydrogen-bond acceptors (Lipinski definition) is 2. The van der Waals surface area contributed by atoms with Gasteiger partial charge in [-0.1, -0.05) is 23.2 Å². The Kier molecular flexibility index (Phi) is 4.64. The third-order valence-electron chi connectivity index (χ3n) is 3.77. The number of anilines is 1. The Balaban J connectivity index is 2.22. The van der Waals surface area contributed by atoms with Gasteiger partial charge < -0.3 is 15.3 Å². The summed E-state index contributed by atoms with van der Waals surface area (Å²) in [5.41, 5.74) is -0.833. The van der Waals surface area contributed by atoms with Gasteiger partial charge in [0, 0.05) is 11.6 Å². The minimum Gasteiger partial charge on any atom is -0.480 e. The zero-order chi connectivity index (χ0) is 15.6. The summed E-state index contributed by atoms with van der Waals surface area (Å²) in [6.07, 6.45) is 1.99. The number of carboxylic acid groups (broad SMARTS) is 1. The van der Waals surface area contributed by atoms with E-state index in [0.717, 1.165) is 12.8 Å². The quantitative estimate of drug-likeness (QED) is 0.865. The molecule has 2 N–H and O–H groups in total. The highest BCUT2D eigenvalue weighted by atomic mass is 35.5. The second-order valence-corrected chi connectivity index (χ2v) is 6.09. The molecule has 114 valence electrons. The van der Waals surface area contributed by atoms with Crippen molar-refractivity contribution in [1.29, 1.82) is 0 Å². The molecular formula is C14H16Cl2N2O3. The fraction of sp³-hybridized carbons (Fsp3) is 0.429. The molecule has 0 aliphatic carbocycles. The third-order valence-corrected chi connectivity index (χ3v) is 4.33. The van der Waals surface area contributed by atoms with E-state index in [1.165, 1.54) is 11.0 Å². The molecule has 1 aliphatic heterocycles. The summed E-state index contributed by atoms with van der Waals surface area (Å²) in [5.74, 6) is -1.01. The molecule has 0 aromatic heterocycles. The molecular weight excluding hydrogens is 315 g/mol. The van der Waals surface area contributed by atoms with Crippen molar-refractivity contribution in [3.63, 3.8) is 0 Å². The van der Waals surface area contributed by atoms with Crippen LogP contribution in [0.15, 0.2) is 18.2 Å². The van der Waals surface area contributed by atoms with E-state index >= 15 is 0 Å². The van der Waals surface area contributed by atoms with Crippen LogP contribution in [0.1, 0.15) is 26.2 Å². The minimum atomic E-state index is -1.20. The normalized spacial score (nSPS) is 22.0. The summed E-state index contributed by atoms with van der Waals surface area (Å²) < 4.78 is 0. The molecule has 1 atom stereocenters. The van der Waals surface area contributed by atoms with Gasteiger partial charge in [0.05, 0.1) is 10.7 Å². The molecule has 2 amide bonds. The van der Waals surface area contributed by atoms with Crippen molar-refractivity contribution in [3.05, 3.63) is 28.2 Å². The Bertz CT molecular complexity index is 579. The first-order valence-corrected chi connectivity index (χ1v) is 7.37. The first kappa shape index (κ1) is 15.9. The van der Waals surface area contributed by atoms with Gasteiger partial charge in [-0.05, 0) is 44.4 Å². The van der Waals surface area contributed by atoms with Crippen molar-refractivity contribution in [1.82, 2.24) is 4.90 Å². The molecule has 1 aliphatic rings. The van der Waals surface area contributed by atoms with Crippen LogP contribution >= 0.6 is 23.2 Å². The lowest BCUT2D eigenvalue weighted by atomic mass is 9.89. The molecule has 0 radical (unpaired) electrons. The number of urea groups is 1. The first-order valence-electron chi connectivity index (χ1n) is 6.61. The van der Waals surface area contributed by atoms with Gasteiger partial charge in [0.2, 0.25) is 0 Å². The summed E-state index contributed by atoms with van der Waals surface area (Å²) in [6, 6.07) is 4.24. The monoisotopic (exact) mass is 330 g/mol. The number of hydrogen-bond donors (Lipinski definition) is 2. The van der Waals surface area contributed by atoms with E-state index < -0.39 is 17.5 Å². The average Bonchev–Trinajstić information content (AvgIpc) is 2.43. The molecule has 2 rings (SSSR count). The highest BCUT2D eigenvalue weighted by Gasteiger charge is 2.44. The van der Waals surface area contributed by atoms with Crippen LogP contribution < -0.4 is 5.32 Å². The number of aliphatic carboxylic acids is 1. The van der Waals surface area contributed by atoms with E-state index in [9.17, 15) is 14.7 Å². The highest BCUT2D eigenvalue weighted by Crippen LogP contribution is 2.30. The number of benzene rings is 1. The van der Waals surface area contributed by atoms with E-state index in [4.69, 9.17) is 23.2 Å². The van der Waals surface area contributed by atoms with Crippen molar-refractivity contribution in [2.45, 2.75) is 31.7 Å². The van der Waals surface area contributed by atoms with Gasteiger partial charge in [0.25, 0.3) is 0 Å². The fourth-order valence-electron chi connectivity index (χ4n) is 2.44. The van der Waals surface area contributed by atoms with Crippen molar-refractivity contribution in [2.75, 3.05) is 11.9 Å². The maximum Gasteiger partial charge on any atom is 0.329 e. The van der Waals surface area contributed by atoms with Gasteiger partial charge in [-0.25, -0.2) is 9.59 Å². The van der Waals surface area contributed by atoms with Crippen LogP contribution in [-0.4, -0.2) is 34.1 Å². The van der Waals surface area contributed by atoms with Crippen molar-refractivity contribution >= 4 is 40.9 Å². The second-order valence-electron chi connectivity index (χ2n) is 5.24. The maximum atomic E-state index is 12.4. The number of carbonyl (C=O) groups is 2. The van der Waals surface area contributed by atoms with E-state index in [1.54, 1.807) is 19.1 Å². The lowest BCUT2D eigenvalue weighted by Gasteiger charge is -2.41. The summed E-state index contributed by atoms with van der Waals surface area (Å²) >= 11 is 11.9. The van der Waals surface area contributed by atoms with Crippen LogP contribution in [0.5, 0.6) is 0 Å². The number of nitrogens with zero attached hydrogens (tertiary/aromatic N) is 1. The smallest absolute Gasteiger partial charge is 0.329 e. The molecule has 1 aromatic rings. The summed E-state index contributed by atoms with van der Waals surface area (Å²) in [6.45, 7) is 1.96. The molecule has 0 spiro atoms. The maximum absolute atomic E-state index is 12.4. The van der Waals surface area contributed by atoms with E-state index in [2.05, 4.69) is 5.32 Å². The van der Waals surface area contributed by atoms with Crippen molar-refractivity contribution < 1.29 is 14.7 Å². The zero-order valence-electron chi connectivity index (χ0n) is 11.5. The topological polar surface area (TPSA) is 69.6 Å². The minimum absolute atomic E-state index is 0.349. The molecule has 0 bridgehead atoms. The van der Waals surface area contributed by atoms with Gasteiger partial charge in [-0.15, -0.1) is 0 Å². The van der Waals surface area contributed by atoms with Crippen LogP contribution in [0.25, 0.3) is 0 Å². The van der Waals surface area contributed by atoms with E-state index in [0.29, 0.717) is 28.7 Å². The summed E-state index contributed by atoms with van der Waals surface area (Å²) in [5, 5.41) is 12.8. The van der Waals surface area contributed by atoms with Crippen LogP contribution in [0.2, 0.25) is 10.0 Å². The van der Waals surface area contributed by atoms with E-state index in [-0.39, 0.29) is 0 Å². The Labute approximate surface area is 132 Å². The van der Waals surface area contributed by atoms with Gasteiger partial charge in [-0.2, -0.15) is 0 Å². The van der Waals surface area contributed by atoms with Gasteiger partial charge in [0.15, 0.2) is 0 Å². The number of likely N-dealkylation sites (tertiary alicyclic amines) is 1. The van der Waals surface area contributed by atoms with Gasteiger partial charge in [0.1, 0.15) is 5.54 Å². The third kappa shape index (κ3) is 3.24. The number of carboxylic acids is 1. The zero-order valence-corrected chi connectivity index (χ0v) is 13.0. The summed E-state index contributed by atoms with van der Waals surface area (Å²) in [7, 11) is 0. The Morgan fingerprint density at radius 3 is 2.71 bits per heavy atom. The summed E-state index contributed by atoms with van der Waals surface area (Å²) in [4.78, 5) is 25.2. The molecule has 5 nitrogen and oxygen atoms in total. The van der Waals surface area contributed by atoms with Gasteiger partial charge in [-0.3, -0.25) is 0 Å². The number of rotatable bonds is 2. The lowest BCUT2D eigenvalue weighted by Crippen LogP contribution is -2.58. The first-order chi connectivity index (χ1) is 9.84. The Morgan fingerprint density at radius 2 is 2.05 bits per heavy atom. The molecule has 1 unspecified atom stereocenters. The number of nitrogens with one attached hydrogen (secondary N) is 1. The number of piperidine rings is 1. The van der Waals surface area contributed by atoms with Crippen LogP contribution in [-0.2, 0) is 4.79 Å². The van der Waals surface area contributed by atoms with Crippen LogP contribution in [0.4, 0.5) is 10.5 Å². The molecule has 1 fully saturated rings. The van der Waals surface area contributed by atoms with Crippen molar-refractivity contribution in [2.24, 2.45) is 0 Å². The predicted octanol–water partition coefficient (Wildman–Crippen LogP) is 3.85. The fourth-order valence-corrected chi connectivity index (χ4v) is 2.78. The molecule has 1 heterocycles. The van der Waals surface area contributed by atoms with E-state index in [1.807, 2.05) is 0 Å². The molecule has 21 heavy (non-hydrogen) atoms. The second kappa shape index (κ2) is 6.12. The number of amides is 2. The molecule has 1 saturated heterocycles. The SMILES string of the molecule is CC1(C(=O)O)CCCCN1C(=O)Nc1cc(Cl)ccc1Cl. The molecule has 1 aromatic carbocycles. The predicted molar refractivity (Wildman–Crippen MR) is 82.1 cm³/mol. The van der Waals surface area contributed by atoms with Gasteiger partial charge >= 0.3 is 12.0 Å². The molecule has 7 heteroatoms. The Hall–Kier alpha value is -1.46. The lowest BCUT2D eigenvalue weighted by molar-refractivity contribution is -0.150. The number of carbonyl (C=O) groups excluding carboxylic acids is 1. The average molecular weight is 331 g/mol. The van der Waals surface area contributed by atoms with Crippen molar-refractivity contribution in [3.8, 4) is 0 Å². The van der Waals surface area contributed by atoms with Crippen LogP contribution in [0, 0.1) is 0 Å². The largest absolute Gasteiger partial charge is 0.480 e. The standard InChI is InChI=1S/C14H16Cl2N2O3/c1-14(12(19)20)6-2-3-7-18(14)13(21)17-11-8-9(15)4-5-10(11)16/h4-5,8H,2-3,6-7H2,1H3,(H,17,21)(H,19,20). The number of halogens is 2.